The van der Waals surface area contributed by atoms with Crippen molar-refractivity contribution in [1.29, 1.82) is 0 Å². The fourth-order valence-corrected chi connectivity index (χ4v) is 2.87. The Morgan fingerprint density at radius 2 is 2.24 bits per heavy atom. The van der Waals surface area contributed by atoms with E-state index in [0.29, 0.717) is 11.6 Å². The van der Waals surface area contributed by atoms with Gasteiger partial charge in [0.2, 0.25) is 5.82 Å². The molecule has 0 fully saturated rings. The van der Waals surface area contributed by atoms with Gasteiger partial charge in [-0.05, 0) is 24.4 Å². The molecule has 1 N–H and O–H groups in total. The van der Waals surface area contributed by atoms with Crippen molar-refractivity contribution in [2.75, 3.05) is 24.3 Å². The van der Waals surface area contributed by atoms with Crippen molar-refractivity contribution < 1.29 is 4.92 Å². The Hall–Kier alpha value is -2.15. The molecule has 2 rings (SSSR count). The molecule has 6 nitrogen and oxygen atoms in total. The van der Waals surface area contributed by atoms with Crippen molar-refractivity contribution >= 4 is 28.7 Å². The van der Waals surface area contributed by atoms with Gasteiger partial charge in [-0.15, -0.1) is 11.3 Å². The number of aromatic nitrogens is 1. The molecule has 2 heterocycles. The molecule has 0 saturated carbocycles. The van der Waals surface area contributed by atoms with Crippen LogP contribution in [0.25, 0.3) is 0 Å². The van der Waals surface area contributed by atoms with Gasteiger partial charge in [0.25, 0.3) is 0 Å². The largest absolute Gasteiger partial charge is 0.373 e. The van der Waals surface area contributed by atoms with Crippen molar-refractivity contribution in [3.8, 4) is 0 Å². The molecule has 0 amide bonds. The van der Waals surface area contributed by atoms with Crippen LogP contribution in [0.15, 0.2) is 29.6 Å². The van der Waals surface area contributed by atoms with Crippen molar-refractivity contribution in [2.24, 2.45) is 0 Å². The molecule has 0 radical (unpaired) electrons. The Morgan fingerprint density at radius 3 is 2.81 bits per heavy atom. The number of hydrogen-bond donors (Lipinski definition) is 1. The first kappa shape index (κ1) is 15.2. The number of anilines is 2. The highest BCUT2D eigenvalue weighted by molar-refractivity contribution is 7.09. The molecule has 21 heavy (non-hydrogen) atoms. The molecule has 2 aromatic rings. The summed E-state index contributed by atoms with van der Waals surface area (Å²) in [4.78, 5) is 18.2. The molecule has 0 aliphatic carbocycles. The van der Waals surface area contributed by atoms with Crippen LogP contribution in [0.4, 0.5) is 17.3 Å². The minimum atomic E-state index is -0.393. The maximum atomic E-state index is 11.2. The van der Waals surface area contributed by atoms with Gasteiger partial charge in [-0.2, -0.15) is 0 Å². The molecule has 0 saturated heterocycles. The minimum absolute atomic E-state index is 0.0227. The second-order valence-corrected chi connectivity index (χ2v) is 5.82. The number of likely N-dealkylation sites (N-methyl/N-ethyl adjacent to an activating group) is 1. The molecule has 2 aromatic heterocycles. The monoisotopic (exact) mass is 306 g/mol. The number of nitrogens with zero attached hydrogens (tertiary/aromatic N) is 3. The van der Waals surface area contributed by atoms with Crippen LogP contribution >= 0.6 is 11.3 Å². The number of nitrogens with one attached hydrogen (secondary N) is 1. The number of thiophene rings is 1. The lowest BCUT2D eigenvalue weighted by atomic mass is 10.2. The molecule has 0 spiro atoms. The van der Waals surface area contributed by atoms with Crippen LogP contribution in [-0.2, 0) is 6.42 Å². The number of rotatable bonds is 6. The van der Waals surface area contributed by atoms with Gasteiger partial charge in [0, 0.05) is 37.5 Å². The summed E-state index contributed by atoms with van der Waals surface area (Å²) in [6, 6.07) is 7.29. The van der Waals surface area contributed by atoms with E-state index >= 15 is 0 Å². The standard InChI is InChI=1S/C14H18N4O2S/c1-10(9-11-5-4-8-21-11)17(3)14-12(18(19)20)6-7-13(15-2)16-14/h4-8,10H,9H2,1-3H3,(H,15,16). The maximum Gasteiger partial charge on any atom is 0.311 e. The average Bonchev–Trinajstić information content (AvgIpc) is 2.98. The molecule has 0 aromatic carbocycles. The number of pyridine rings is 1. The van der Waals surface area contributed by atoms with E-state index in [0.717, 1.165) is 6.42 Å². The minimum Gasteiger partial charge on any atom is -0.373 e. The molecule has 0 aliphatic rings. The first-order chi connectivity index (χ1) is 10.0. The van der Waals surface area contributed by atoms with Crippen LogP contribution < -0.4 is 10.2 Å². The third kappa shape index (κ3) is 3.49. The molecular weight excluding hydrogens is 288 g/mol. The third-order valence-electron chi connectivity index (χ3n) is 3.38. The van der Waals surface area contributed by atoms with Crippen LogP contribution in [0, 0.1) is 10.1 Å². The van der Waals surface area contributed by atoms with E-state index in [9.17, 15) is 10.1 Å². The van der Waals surface area contributed by atoms with E-state index in [2.05, 4.69) is 16.4 Å². The van der Waals surface area contributed by atoms with Crippen LogP contribution in [0.1, 0.15) is 11.8 Å². The second kappa shape index (κ2) is 6.53. The maximum absolute atomic E-state index is 11.2. The summed E-state index contributed by atoms with van der Waals surface area (Å²) >= 11 is 1.69. The van der Waals surface area contributed by atoms with Gasteiger partial charge in [-0.3, -0.25) is 10.1 Å². The zero-order valence-electron chi connectivity index (χ0n) is 12.2. The Kier molecular flexibility index (Phi) is 4.74. The fourth-order valence-electron chi connectivity index (χ4n) is 2.05. The van der Waals surface area contributed by atoms with Gasteiger partial charge in [0.15, 0.2) is 0 Å². The quantitative estimate of drug-likeness (QED) is 0.655. The van der Waals surface area contributed by atoms with Gasteiger partial charge in [-0.25, -0.2) is 4.98 Å². The summed E-state index contributed by atoms with van der Waals surface area (Å²) in [5.74, 6) is 1.00. The van der Waals surface area contributed by atoms with Crippen LogP contribution in [0.3, 0.4) is 0 Å². The third-order valence-corrected chi connectivity index (χ3v) is 4.28. The predicted molar refractivity (Wildman–Crippen MR) is 86.3 cm³/mol. The van der Waals surface area contributed by atoms with Crippen molar-refractivity contribution in [1.82, 2.24) is 4.98 Å². The smallest absolute Gasteiger partial charge is 0.311 e. The number of nitro groups is 1. The highest BCUT2D eigenvalue weighted by Gasteiger charge is 2.23. The molecule has 112 valence electrons. The van der Waals surface area contributed by atoms with E-state index < -0.39 is 4.92 Å². The van der Waals surface area contributed by atoms with Gasteiger partial charge in [0.1, 0.15) is 5.82 Å². The summed E-state index contributed by atoms with van der Waals surface area (Å²) in [5, 5.41) is 16.1. The Labute approximate surface area is 127 Å². The lowest BCUT2D eigenvalue weighted by molar-refractivity contribution is -0.384. The SMILES string of the molecule is CNc1ccc([N+](=O)[O-])c(N(C)C(C)Cc2cccs2)n1. The summed E-state index contributed by atoms with van der Waals surface area (Å²) in [6.07, 6.45) is 0.830. The van der Waals surface area contributed by atoms with Crippen molar-refractivity contribution in [3.63, 3.8) is 0 Å². The lowest BCUT2D eigenvalue weighted by Gasteiger charge is -2.25. The van der Waals surface area contributed by atoms with Crippen LogP contribution in [-0.4, -0.2) is 30.0 Å². The van der Waals surface area contributed by atoms with Gasteiger partial charge in [0.05, 0.1) is 4.92 Å². The van der Waals surface area contributed by atoms with Gasteiger partial charge in [-0.1, -0.05) is 6.07 Å². The zero-order chi connectivity index (χ0) is 15.4. The zero-order valence-corrected chi connectivity index (χ0v) is 13.1. The van der Waals surface area contributed by atoms with Gasteiger partial charge < -0.3 is 10.2 Å². The van der Waals surface area contributed by atoms with Crippen LogP contribution in [0.5, 0.6) is 0 Å². The Bertz CT molecular complexity index is 615. The Balaban J connectivity index is 2.27. The first-order valence-corrected chi connectivity index (χ1v) is 7.49. The highest BCUT2D eigenvalue weighted by Crippen LogP contribution is 2.29. The van der Waals surface area contributed by atoms with Gasteiger partial charge >= 0.3 is 5.69 Å². The molecule has 0 bridgehead atoms. The predicted octanol–water partition coefficient (Wildman–Crippen LogP) is 3.16. The van der Waals surface area contributed by atoms with E-state index in [1.165, 1.54) is 10.9 Å². The van der Waals surface area contributed by atoms with E-state index in [4.69, 9.17) is 0 Å². The lowest BCUT2D eigenvalue weighted by Crippen LogP contribution is -2.31. The molecule has 1 unspecified atom stereocenters. The molecule has 7 heteroatoms. The molecular formula is C14H18N4O2S. The van der Waals surface area contributed by atoms with Crippen molar-refractivity contribution in [2.45, 2.75) is 19.4 Å². The van der Waals surface area contributed by atoms with E-state index in [1.54, 1.807) is 24.5 Å². The molecule has 0 aliphatic heterocycles. The highest BCUT2D eigenvalue weighted by atomic mass is 32.1. The van der Waals surface area contributed by atoms with E-state index in [1.807, 2.05) is 30.3 Å². The van der Waals surface area contributed by atoms with Crippen LogP contribution in [0.2, 0.25) is 0 Å². The number of hydrogen-bond acceptors (Lipinski definition) is 6. The van der Waals surface area contributed by atoms with Crippen molar-refractivity contribution in [3.05, 3.63) is 44.6 Å². The summed E-state index contributed by atoms with van der Waals surface area (Å²) in [5.41, 5.74) is 0.0227. The average molecular weight is 306 g/mol. The fraction of sp³-hybridized carbons (Fsp3) is 0.357. The summed E-state index contributed by atoms with van der Waals surface area (Å²) < 4.78 is 0. The topological polar surface area (TPSA) is 71.3 Å². The van der Waals surface area contributed by atoms with E-state index in [-0.39, 0.29) is 11.7 Å². The Morgan fingerprint density at radius 1 is 1.48 bits per heavy atom. The summed E-state index contributed by atoms with van der Waals surface area (Å²) in [7, 11) is 3.58. The first-order valence-electron chi connectivity index (χ1n) is 6.61. The summed E-state index contributed by atoms with van der Waals surface area (Å²) in [6.45, 7) is 2.04. The second-order valence-electron chi connectivity index (χ2n) is 4.79. The molecule has 1 atom stereocenters. The normalized spacial score (nSPS) is 12.0.